The van der Waals surface area contributed by atoms with Crippen LogP contribution in [0.25, 0.3) is 0 Å². The Morgan fingerprint density at radius 2 is 1.56 bits per heavy atom. The minimum atomic E-state index is -1.51. The zero-order chi connectivity index (χ0) is 18.7. The first-order chi connectivity index (χ1) is 13.2. The lowest BCUT2D eigenvalue weighted by atomic mass is 9.78. The zero-order valence-corrected chi connectivity index (χ0v) is 14.8. The molecule has 1 fully saturated rings. The second kappa shape index (κ2) is 7.29. The quantitative estimate of drug-likeness (QED) is 0.709. The van der Waals surface area contributed by atoms with Crippen molar-refractivity contribution in [2.75, 3.05) is 0 Å². The van der Waals surface area contributed by atoms with Crippen LogP contribution >= 0.6 is 0 Å². The Hall–Kier alpha value is -3.05. The molecule has 0 radical (unpaired) electrons. The third-order valence-corrected chi connectivity index (χ3v) is 4.99. The van der Waals surface area contributed by atoms with Crippen LogP contribution in [-0.4, -0.2) is 21.0 Å². The topological polar surface area (TPSA) is 75.1 Å². The molecule has 136 valence electrons. The van der Waals surface area contributed by atoms with Crippen molar-refractivity contribution in [1.29, 1.82) is 0 Å². The van der Waals surface area contributed by atoms with Gasteiger partial charge in [-0.2, -0.15) is 0 Å². The minimum absolute atomic E-state index is 0.0308. The molecule has 27 heavy (non-hydrogen) atoms. The van der Waals surface area contributed by atoms with Crippen LogP contribution in [0, 0.1) is 5.92 Å². The number of nitrogens with zero attached hydrogens (tertiary/aromatic N) is 2. The summed E-state index contributed by atoms with van der Waals surface area (Å²) in [5.74, 6) is -0.00156. The second-order valence-corrected chi connectivity index (χ2v) is 6.88. The molecule has 1 amide bonds. The van der Waals surface area contributed by atoms with E-state index in [9.17, 15) is 9.90 Å². The Balaban J connectivity index is 1.87. The minimum Gasteiger partial charge on any atom is -0.378 e. The van der Waals surface area contributed by atoms with Crippen molar-refractivity contribution in [3.63, 3.8) is 0 Å². The molecule has 1 aliphatic rings. The fourth-order valence-electron chi connectivity index (χ4n) is 3.36. The highest BCUT2D eigenvalue weighted by molar-refractivity contribution is 5.81. The zero-order valence-electron chi connectivity index (χ0n) is 14.8. The van der Waals surface area contributed by atoms with Crippen LogP contribution in [0.4, 0.5) is 0 Å². The first-order valence-electron chi connectivity index (χ1n) is 9.08. The summed E-state index contributed by atoms with van der Waals surface area (Å²) in [5.41, 5.74) is 0.515. The van der Waals surface area contributed by atoms with Crippen LogP contribution in [-0.2, 0) is 10.4 Å². The third kappa shape index (κ3) is 3.46. The van der Waals surface area contributed by atoms with Gasteiger partial charge < -0.3 is 10.4 Å². The van der Waals surface area contributed by atoms with Gasteiger partial charge in [-0.3, -0.25) is 14.8 Å². The highest BCUT2D eigenvalue weighted by Gasteiger charge is 2.44. The summed E-state index contributed by atoms with van der Waals surface area (Å²) in [6.45, 7) is 0. The molecule has 1 aliphatic carbocycles. The van der Waals surface area contributed by atoms with E-state index in [-0.39, 0.29) is 11.8 Å². The molecule has 2 N–H and O–H groups in total. The molecule has 4 rings (SSSR count). The van der Waals surface area contributed by atoms with Gasteiger partial charge in [0, 0.05) is 41.8 Å². The van der Waals surface area contributed by atoms with E-state index in [1.807, 2.05) is 42.5 Å². The third-order valence-electron chi connectivity index (χ3n) is 4.99. The Morgan fingerprint density at radius 1 is 0.963 bits per heavy atom. The molecule has 5 heteroatoms. The van der Waals surface area contributed by atoms with Crippen molar-refractivity contribution >= 4 is 5.91 Å². The maximum atomic E-state index is 12.6. The Labute approximate surface area is 158 Å². The van der Waals surface area contributed by atoms with Gasteiger partial charge in [0.2, 0.25) is 5.91 Å². The van der Waals surface area contributed by atoms with Crippen LogP contribution in [0.1, 0.15) is 35.6 Å². The van der Waals surface area contributed by atoms with Crippen LogP contribution in [0.5, 0.6) is 0 Å². The highest BCUT2D eigenvalue weighted by atomic mass is 16.3. The van der Waals surface area contributed by atoms with Gasteiger partial charge >= 0.3 is 0 Å². The Morgan fingerprint density at radius 3 is 2.04 bits per heavy atom. The molecule has 5 nitrogen and oxygen atoms in total. The molecule has 2 aromatic heterocycles. The average Bonchev–Trinajstić information content (AvgIpc) is 3.59. The maximum absolute atomic E-state index is 12.6. The fraction of sp³-hybridized carbons (Fsp3) is 0.227. The van der Waals surface area contributed by atoms with Crippen molar-refractivity contribution in [2.45, 2.75) is 24.5 Å². The van der Waals surface area contributed by atoms with E-state index < -0.39 is 11.6 Å². The first-order valence-corrected chi connectivity index (χ1v) is 9.08. The average molecular weight is 359 g/mol. The lowest BCUT2D eigenvalue weighted by Gasteiger charge is -2.37. The standard InChI is InChI=1S/C22H21N3O2/c26-21(17-10-11-17)25-20(16-6-2-1-3-7-16)22(27,18-8-4-12-23-14-18)19-9-5-13-24-15-19/h1-9,12-15,17,20,27H,10-11H2,(H,25,26)/t20-/m1/s1. The molecule has 1 saturated carbocycles. The van der Waals surface area contributed by atoms with Gasteiger partial charge in [-0.05, 0) is 30.5 Å². The SMILES string of the molecule is O=C(N[C@H](c1ccccc1)C(O)(c1cccnc1)c1cccnc1)C1CC1. The molecule has 0 spiro atoms. The van der Waals surface area contributed by atoms with Crippen LogP contribution < -0.4 is 5.32 Å². The van der Waals surface area contributed by atoms with Gasteiger partial charge in [0.1, 0.15) is 5.60 Å². The van der Waals surface area contributed by atoms with Crippen molar-refractivity contribution in [3.05, 3.63) is 96.1 Å². The molecular weight excluding hydrogens is 338 g/mol. The summed E-state index contributed by atoms with van der Waals surface area (Å²) in [6, 6.07) is 16.1. The normalized spacial score (nSPS) is 15.1. The van der Waals surface area contributed by atoms with E-state index in [0.717, 1.165) is 18.4 Å². The maximum Gasteiger partial charge on any atom is 0.223 e. The van der Waals surface area contributed by atoms with Gasteiger partial charge in [-0.15, -0.1) is 0 Å². The predicted molar refractivity (Wildman–Crippen MR) is 102 cm³/mol. The van der Waals surface area contributed by atoms with Crippen molar-refractivity contribution in [3.8, 4) is 0 Å². The van der Waals surface area contributed by atoms with Gasteiger partial charge in [-0.1, -0.05) is 42.5 Å². The molecule has 0 aliphatic heterocycles. The molecule has 0 unspecified atom stereocenters. The summed E-state index contributed by atoms with van der Waals surface area (Å²) >= 11 is 0. The molecule has 1 aromatic carbocycles. The monoisotopic (exact) mass is 359 g/mol. The lowest BCUT2D eigenvalue weighted by molar-refractivity contribution is -0.125. The second-order valence-electron chi connectivity index (χ2n) is 6.88. The Kier molecular flexibility index (Phi) is 4.69. The number of aromatic nitrogens is 2. The van der Waals surface area contributed by atoms with Gasteiger partial charge in [0.05, 0.1) is 6.04 Å². The number of amides is 1. The molecule has 1 atom stereocenters. The highest BCUT2D eigenvalue weighted by Crippen LogP contribution is 2.41. The predicted octanol–water partition coefficient (Wildman–Crippen LogP) is 2.98. The summed E-state index contributed by atoms with van der Waals surface area (Å²) in [7, 11) is 0. The number of rotatable bonds is 6. The summed E-state index contributed by atoms with van der Waals surface area (Å²) in [6.07, 6.45) is 8.37. The summed E-state index contributed by atoms with van der Waals surface area (Å²) in [5, 5.41) is 15.1. The number of carbonyl (C=O) groups excluding carboxylic acids is 1. The smallest absolute Gasteiger partial charge is 0.223 e. The Bertz CT molecular complexity index is 857. The molecule has 0 bridgehead atoms. The fourth-order valence-corrected chi connectivity index (χ4v) is 3.36. The van der Waals surface area contributed by atoms with Gasteiger partial charge in [0.25, 0.3) is 0 Å². The van der Waals surface area contributed by atoms with Crippen molar-refractivity contribution in [1.82, 2.24) is 15.3 Å². The largest absolute Gasteiger partial charge is 0.378 e. The number of hydrogen-bond donors (Lipinski definition) is 2. The molecule has 2 heterocycles. The van der Waals surface area contributed by atoms with E-state index in [0.29, 0.717) is 11.1 Å². The summed E-state index contributed by atoms with van der Waals surface area (Å²) in [4.78, 5) is 21.0. The number of benzene rings is 1. The lowest BCUT2D eigenvalue weighted by Crippen LogP contribution is -2.45. The number of pyridine rings is 2. The van der Waals surface area contributed by atoms with Gasteiger partial charge in [0.15, 0.2) is 0 Å². The number of hydrogen-bond acceptors (Lipinski definition) is 4. The van der Waals surface area contributed by atoms with Crippen LogP contribution in [0.2, 0.25) is 0 Å². The van der Waals surface area contributed by atoms with E-state index in [2.05, 4.69) is 15.3 Å². The first kappa shape index (κ1) is 17.4. The number of nitrogens with one attached hydrogen (secondary N) is 1. The summed E-state index contributed by atoms with van der Waals surface area (Å²) < 4.78 is 0. The van der Waals surface area contributed by atoms with Crippen LogP contribution in [0.3, 0.4) is 0 Å². The van der Waals surface area contributed by atoms with Crippen molar-refractivity contribution in [2.24, 2.45) is 5.92 Å². The van der Waals surface area contributed by atoms with E-state index in [4.69, 9.17) is 0 Å². The van der Waals surface area contributed by atoms with Crippen LogP contribution in [0.15, 0.2) is 79.4 Å². The van der Waals surface area contributed by atoms with E-state index >= 15 is 0 Å². The van der Waals surface area contributed by atoms with E-state index in [1.54, 1.807) is 36.9 Å². The van der Waals surface area contributed by atoms with Crippen molar-refractivity contribution < 1.29 is 9.90 Å². The molecular formula is C22H21N3O2. The number of aliphatic hydroxyl groups is 1. The van der Waals surface area contributed by atoms with E-state index in [1.165, 1.54) is 0 Å². The molecule has 0 saturated heterocycles. The number of carbonyl (C=O) groups is 1. The molecule has 3 aromatic rings. The van der Waals surface area contributed by atoms with Gasteiger partial charge in [-0.25, -0.2) is 0 Å².